The second kappa shape index (κ2) is 6.11. The van der Waals surface area contributed by atoms with E-state index in [0.29, 0.717) is 16.6 Å². The van der Waals surface area contributed by atoms with Crippen molar-refractivity contribution in [1.82, 2.24) is 20.0 Å². The second-order valence-electron chi connectivity index (χ2n) is 5.43. The summed E-state index contributed by atoms with van der Waals surface area (Å²) in [5.74, 6) is -0.221. The van der Waals surface area contributed by atoms with Crippen molar-refractivity contribution in [2.75, 3.05) is 5.73 Å². The molecule has 0 unspecified atom stereocenters. The molecule has 2 heterocycles. The summed E-state index contributed by atoms with van der Waals surface area (Å²) in [6, 6.07) is 6.21. The lowest BCUT2D eigenvalue weighted by atomic mass is 10.2. The van der Waals surface area contributed by atoms with Crippen molar-refractivity contribution in [3.63, 3.8) is 0 Å². The highest BCUT2D eigenvalue weighted by Gasteiger charge is 2.31. The molecule has 0 saturated heterocycles. The largest absolute Gasteiger partial charge is 0.406 e. The third-order valence-corrected chi connectivity index (χ3v) is 3.50. The van der Waals surface area contributed by atoms with Gasteiger partial charge in [0.05, 0.1) is 17.8 Å². The van der Waals surface area contributed by atoms with Gasteiger partial charge in [-0.3, -0.25) is 4.79 Å². The molecule has 132 valence electrons. The standard InChI is InChI=1S/C15H14F3N5O2/c1-8(24)20-6-13-21-14(22-25-13)12-5-9-10(19)3-2-4-11(9)23(12)7-15(16,17)18/h2-5H,6-7,19H2,1H3,(H,20,24). The number of benzene rings is 1. The summed E-state index contributed by atoms with van der Waals surface area (Å²) in [6.45, 7) is 0.0933. The van der Waals surface area contributed by atoms with Gasteiger partial charge in [0.1, 0.15) is 6.54 Å². The summed E-state index contributed by atoms with van der Waals surface area (Å²) in [7, 11) is 0. The lowest BCUT2D eigenvalue weighted by Crippen LogP contribution is -2.19. The molecule has 0 radical (unpaired) electrons. The maximum Gasteiger partial charge on any atom is 0.406 e. The summed E-state index contributed by atoms with van der Waals surface area (Å²) in [4.78, 5) is 15.0. The Balaban J connectivity index is 2.07. The molecule has 0 atom stereocenters. The first-order valence-corrected chi connectivity index (χ1v) is 7.26. The number of nitrogens with one attached hydrogen (secondary N) is 1. The molecule has 3 aromatic rings. The SMILES string of the molecule is CC(=O)NCc1nc(-c2cc3c(N)cccc3n2CC(F)(F)F)no1. The molecular weight excluding hydrogens is 339 g/mol. The predicted octanol–water partition coefficient (Wildman–Crippen LogP) is 2.47. The van der Waals surface area contributed by atoms with Crippen LogP contribution in [0.4, 0.5) is 18.9 Å². The highest BCUT2D eigenvalue weighted by molar-refractivity contribution is 5.95. The van der Waals surface area contributed by atoms with Gasteiger partial charge in [-0.25, -0.2) is 0 Å². The number of aromatic nitrogens is 3. The number of nitrogens with zero attached hydrogens (tertiary/aromatic N) is 3. The van der Waals surface area contributed by atoms with Gasteiger partial charge in [-0.1, -0.05) is 11.2 Å². The molecule has 0 aliphatic rings. The van der Waals surface area contributed by atoms with Gasteiger partial charge in [-0.15, -0.1) is 0 Å². The monoisotopic (exact) mass is 353 g/mol. The summed E-state index contributed by atoms with van der Waals surface area (Å²) in [5, 5.41) is 6.65. The van der Waals surface area contributed by atoms with Gasteiger partial charge in [0.2, 0.25) is 17.6 Å². The van der Waals surface area contributed by atoms with Crippen LogP contribution in [0, 0.1) is 0 Å². The van der Waals surface area contributed by atoms with Crippen molar-refractivity contribution in [3.05, 3.63) is 30.2 Å². The predicted molar refractivity (Wildman–Crippen MR) is 83.2 cm³/mol. The molecule has 0 aliphatic carbocycles. The maximum atomic E-state index is 13.0. The van der Waals surface area contributed by atoms with Crippen molar-refractivity contribution < 1.29 is 22.5 Å². The van der Waals surface area contributed by atoms with Crippen LogP contribution in [0.3, 0.4) is 0 Å². The van der Waals surface area contributed by atoms with Crippen LogP contribution in [0.5, 0.6) is 0 Å². The van der Waals surface area contributed by atoms with Gasteiger partial charge < -0.3 is 20.1 Å². The molecule has 0 spiro atoms. The molecule has 1 amide bonds. The van der Waals surface area contributed by atoms with E-state index in [2.05, 4.69) is 15.5 Å². The highest BCUT2D eigenvalue weighted by Crippen LogP contribution is 2.32. The zero-order valence-electron chi connectivity index (χ0n) is 13.1. The Morgan fingerprint density at radius 1 is 1.40 bits per heavy atom. The Labute approximate surface area is 139 Å². The second-order valence-corrected chi connectivity index (χ2v) is 5.43. The van der Waals surface area contributed by atoms with Crippen molar-refractivity contribution in [3.8, 4) is 11.5 Å². The Kier molecular flexibility index (Phi) is 4.11. The van der Waals surface area contributed by atoms with Gasteiger partial charge in [-0.05, 0) is 18.2 Å². The number of halogens is 3. The molecule has 10 heteroatoms. The molecule has 7 nitrogen and oxygen atoms in total. The van der Waals surface area contributed by atoms with E-state index in [9.17, 15) is 18.0 Å². The first-order valence-electron chi connectivity index (χ1n) is 7.26. The minimum absolute atomic E-state index is 0.00995. The fourth-order valence-electron chi connectivity index (χ4n) is 2.47. The fraction of sp³-hybridized carbons (Fsp3) is 0.267. The number of nitrogens with two attached hydrogens (primary N) is 1. The normalized spacial score (nSPS) is 11.8. The van der Waals surface area contributed by atoms with Crippen molar-refractivity contribution in [1.29, 1.82) is 0 Å². The molecule has 0 bridgehead atoms. The highest BCUT2D eigenvalue weighted by atomic mass is 19.4. The van der Waals surface area contributed by atoms with Crippen LogP contribution >= 0.6 is 0 Å². The van der Waals surface area contributed by atoms with E-state index in [-0.39, 0.29) is 29.9 Å². The minimum atomic E-state index is -4.44. The van der Waals surface area contributed by atoms with Crippen LogP contribution < -0.4 is 11.1 Å². The number of hydrogen-bond donors (Lipinski definition) is 2. The number of alkyl halides is 3. The number of amides is 1. The van der Waals surface area contributed by atoms with Gasteiger partial charge in [-0.2, -0.15) is 18.2 Å². The molecule has 25 heavy (non-hydrogen) atoms. The Morgan fingerprint density at radius 2 is 2.16 bits per heavy atom. The molecule has 3 N–H and O–H groups in total. The number of rotatable bonds is 4. The average molecular weight is 353 g/mol. The van der Waals surface area contributed by atoms with Crippen molar-refractivity contribution >= 4 is 22.5 Å². The lowest BCUT2D eigenvalue weighted by Gasteiger charge is -2.11. The third kappa shape index (κ3) is 3.57. The summed E-state index contributed by atoms with van der Waals surface area (Å²) in [6.07, 6.45) is -4.44. The smallest absolute Gasteiger partial charge is 0.398 e. The quantitative estimate of drug-likeness (QED) is 0.702. The number of fused-ring (bicyclic) bond motifs is 1. The van der Waals surface area contributed by atoms with Crippen LogP contribution in [0.1, 0.15) is 12.8 Å². The maximum absolute atomic E-state index is 13.0. The van der Waals surface area contributed by atoms with E-state index in [1.165, 1.54) is 13.0 Å². The average Bonchev–Trinajstić information content (AvgIpc) is 3.10. The Hall–Kier alpha value is -3.04. The fourth-order valence-corrected chi connectivity index (χ4v) is 2.47. The zero-order valence-corrected chi connectivity index (χ0v) is 13.1. The van der Waals surface area contributed by atoms with Crippen LogP contribution in [-0.4, -0.2) is 26.8 Å². The van der Waals surface area contributed by atoms with E-state index in [1.54, 1.807) is 18.2 Å². The van der Waals surface area contributed by atoms with Crippen molar-refractivity contribution in [2.45, 2.75) is 26.2 Å². The molecule has 1 aromatic carbocycles. The Bertz CT molecular complexity index is 929. The van der Waals surface area contributed by atoms with E-state index >= 15 is 0 Å². The molecule has 2 aromatic heterocycles. The third-order valence-electron chi connectivity index (χ3n) is 3.50. The number of nitrogen functional groups attached to an aromatic ring is 1. The molecule has 0 aliphatic heterocycles. The van der Waals surface area contributed by atoms with Gasteiger partial charge in [0, 0.05) is 18.0 Å². The number of carbonyl (C=O) groups excluding carboxylic acids is 1. The van der Waals surface area contributed by atoms with E-state index < -0.39 is 12.7 Å². The topological polar surface area (TPSA) is 99.0 Å². The summed E-state index contributed by atoms with van der Waals surface area (Å²) in [5.41, 5.74) is 6.66. The summed E-state index contributed by atoms with van der Waals surface area (Å²) < 4.78 is 45.0. The van der Waals surface area contributed by atoms with E-state index in [1.807, 2.05) is 0 Å². The number of carbonyl (C=O) groups is 1. The van der Waals surface area contributed by atoms with Gasteiger partial charge >= 0.3 is 6.18 Å². The van der Waals surface area contributed by atoms with Crippen LogP contribution in [0.25, 0.3) is 22.4 Å². The minimum Gasteiger partial charge on any atom is -0.398 e. The molecular formula is C15H14F3N5O2. The van der Waals surface area contributed by atoms with E-state index in [4.69, 9.17) is 10.3 Å². The lowest BCUT2D eigenvalue weighted by molar-refractivity contribution is -0.139. The summed E-state index contributed by atoms with van der Waals surface area (Å²) >= 11 is 0. The first kappa shape index (κ1) is 16.8. The van der Waals surface area contributed by atoms with E-state index in [0.717, 1.165) is 4.57 Å². The van der Waals surface area contributed by atoms with Crippen LogP contribution in [-0.2, 0) is 17.9 Å². The van der Waals surface area contributed by atoms with Crippen molar-refractivity contribution in [2.24, 2.45) is 0 Å². The van der Waals surface area contributed by atoms with Crippen LogP contribution in [0.15, 0.2) is 28.8 Å². The number of hydrogen-bond acceptors (Lipinski definition) is 5. The zero-order chi connectivity index (χ0) is 18.2. The van der Waals surface area contributed by atoms with Gasteiger partial charge in [0.25, 0.3) is 0 Å². The molecule has 0 saturated carbocycles. The van der Waals surface area contributed by atoms with Crippen LogP contribution in [0.2, 0.25) is 0 Å². The Morgan fingerprint density at radius 3 is 2.84 bits per heavy atom. The number of anilines is 1. The molecule has 0 fully saturated rings. The first-order chi connectivity index (χ1) is 11.7. The molecule has 3 rings (SSSR count). The van der Waals surface area contributed by atoms with Gasteiger partial charge in [0.15, 0.2) is 0 Å².